The molecule has 2 rings (SSSR count). The summed E-state index contributed by atoms with van der Waals surface area (Å²) in [7, 11) is 0. The van der Waals surface area contributed by atoms with Gasteiger partial charge < -0.3 is 10.0 Å². The molecule has 0 aromatic heterocycles. The summed E-state index contributed by atoms with van der Waals surface area (Å²) in [6.45, 7) is 4.37. The fourth-order valence-corrected chi connectivity index (χ4v) is 3.73. The van der Waals surface area contributed by atoms with E-state index in [1.165, 1.54) is 0 Å². The number of carboxylic acids is 1. The topological polar surface area (TPSA) is 57.6 Å². The summed E-state index contributed by atoms with van der Waals surface area (Å²) in [6, 6.07) is 0. The number of rotatable bonds is 3. The molecule has 1 unspecified atom stereocenters. The Hall–Kier alpha value is -1.06. The average molecular weight is 267 g/mol. The first-order chi connectivity index (χ1) is 8.96. The molecule has 1 aliphatic heterocycles. The number of carbonyl (C=O) groups is 2. The predicted octanol–water partition coefficient (Wildman–Crippen LogP) is 2.81. The summed E-state index contributed by atoms with van der Waals surface area (Å²) in [5, 5.41) is 9.52. The summed E-state index contributed by atoms with van der Waals surface area (Å²) < 4.78 is 0. The van der Waals surface area contributed by atoms with Crippen LogP contribution in [0.3, 0.4) is 0 Å². The second-order valence-corrected chi connectivity index (χ2v) is 6.33. The second-order valence-electron chi connectivity index (χ2n) is 6.33. The van der Waals surface area contributed by atoms with Gasteiger partial charge in [0.25, 0.3) is 0 Å². The zero-order valence-electron chi connectivity index (χ0n) is 12.1. The Kier molecular flexibility index (Phi) is 3.88. The van der Waals surface area contributed by atoms with Crippen LogP contribution >= 0.6 is 0 Å². The third-order valence-corrected chi connectivity index (χ3v) is 5.29. The number of nitrogens with zero attached hydrogens (tertiary/aromatic N) is 1. The predicted molar refractivity (Wildman–Crippen MR) is 72.8 cm³/mol. The maximum Gasteiger partial charge on any atom is 0.329 e. The molecule has 0 aromatic rings. The molecule has 19 heavy (non-hydrogen) atoms. The lowest BCUT2D eigenvalue weighted by Crippen LogP contribution is -2.60. The number of hydrogen-bond acceptors (Lipinski definition) is 2. The van der Waals surface area contributed by atoms with Crippen LogP contribution in [0.15, 0.2) is 0 Å². The van der Waals surface area contributed by atoms with Gasteiger partial charge in [-0.15, -0.1) is 0 Å². The minimum absolute atomic E-state index is 0.0945. The van der Waals surface area contributed by atoms with Crippen molar-refractivity contribution < 1.29 is 14.7 Å². The molecule has 0 spiro atoms. The van der Waals surface area contributed by atoms with Crippen molar-refractivity contribution in [2.45, 2.75) is 70.8 Å². The lowest BCUT2D eigenvalue weighted by atomic mass is 9.78. The van der Waals surface area contributed by atoms with Crippen LogP contribution in [-0.2, 0) is 9.59 Å². The summed E-state index contributed by atoms with van der Waals surface area (Å²) >= 11 is 0. The first kappa shape index (κ1) is 14.4. The molecule has 1 atom stereocenters. The molecule has 1 N–H and O–H groups in total. The van der Waals surface area contributed by atoms with Crippen LogP contribution in [0.25, 0.3) is 0 Å². The van der Waals surface area contributed by atoms with E-state index in [1.807, 2.05) is 0 Å². The number of piperidine rings is 1. The molecular weight excluding hydrogens is 242 g/mol. The highest BCUT2D eigenvalue weighted by Crippen LogP contribution is 2.44. The van der Waals surface area contributed by atoms with Gasteiger partial charge in [-0.2, -0.15) is 0 Å². The van der Waals surface area contributed by atoms with Gasteiger partial charge in [0.15, 0.2) is 0 Å². The number of hydrogen-bond donors (Lipinski definition) is 1. The number of likely N-dealkylation sites (tertiary alicyclic amines) is 1. The van der Waals surface area contributed by atoms with Crippen LogP contribution in [0.2, 0.25) is 0 Å². The van der Waals surface area contributed by atoms with Crippen molar-refractivity contribution in [3.63, 3.8) is 0 Å². The lowest BCUT2D eigenvalue weighted by Gasteiger charge is -2.45. The minimum atomic E-state index is -1.000. The standard InChI is InChI=1S/C15H25NO3/c1-3-15(9-4-5-10-15)12(17)16-11-7-6-8-14(16,2)13(18)19/h3-11H2,1-2H3,(H,18,19). The first-order valence-electron chi connectivity index (χ1n) is 7.52. The van der Waals surface area contributed by atoms with Gasteiger partial charge in [0, 0.05) is 12.0 Å². The lowest BCUT2D eigenvalue weighted by molar-refractivity contribution is -0.166. The molecule has 108 valence electrons. The van der Waals surface area contributed by atoms with E-state index in [0.717, 1.165) is 44.9 Å². The first-order valence-corrected chi connectivity index (χ1v) is 7.52. The van der Waals surface area contributed by atoms with Crippen molar-refractivity contribution in [3.8, 4) is 0 Å². The molecule has 2 aliphatic rings. The quantitative estimate of drug-likeness (QED) is 0.855. The molecule has 1 saturated carbocycles. The fourth-order valence-electron chi connectivity index (χ4n) is 3.73. The maximum atomic E-state index is 12.9. The van der Waals surface area contributed by atoms with Gasteiger partial charge in [-0.3, -0.25) is 4.79 Å². The highest BCUT2D eigenvalue weighted by Gasteiger charge is 2.50. The van der Waals surface area contributed by atoms with Gasteiger partial charge in [0.2, 0.25) is 5.91 Å². The third-order valence-electron chi connectivity index (χ3n) is 5.29. The zero-order valence-corrected chi connectivity index (χ0v) is 12.1. The van der Waals surface area contributed by atoms with Crippen LogP contribution in [0.1, 0.15) is 65.2 Å². The molecule has 0 bridgehead atoms. The fraction of sp³-hybridized carbons (Fsp3) is 0.867. The van der Waals surface area contributed by atoms with Gasteiger partial charge in [-0.25, -0.2) is 4.79 Å². The minimum Gasteiger partial charge on any atom is -0.480 e. The van der Waals surface area contributed by atoms with Gasteiger partial charge in [0.1, 0.15) is 5.54 Å². The van der Waals surface area contributed by atoms with Gasteiger partial charge in [-0.05, 0) is 45.4 Å². The monoisotopic (exact) mass is 267 g/mol. The summed E-state index contributed by atoms with van der Waals surface area (Å²) in [5.74, 6) is -0.762. The number of carboxylic acid groups (broad SMARTS) is 1. The average Bonchev–Trinajstić information content (AvgIpc) is 2.88. The largest absolute Gasteiger partial charge is 0.480 e. The Morgan fingerprint density at radius 1 is 1.11 bits per heavy atom. The summed E-state index contributed by atoms with van der Waals surface area (Å²) in [4.78, 5) is 26.2. The van der Waals surface area contributed by atoms with Crippen molar-refractivity contribution >= 4 is 11.9 Å². The Labute approximate surface area is 115 Å². The highest BCUT2D eigenvalue weighted by molar-refractivity contribution is 5.90. The molecule has 4 heteroatoms. The van der Waals surface area contributed by atoms with E-state index in [1.54, 1.807) is 11.8 Å². The van der Waals surface area contributed by atoms with E-state index in [0.29, 0.717) is 13.0 Å². The molecular formula is C15H25NO3. The van der Waals surface area contributed by atoms with Crippen LogP contribution < -0.4 is 0 Å². The Morgan fingerprint density at radius 3 is 2.21 bits per heavy atom. The molecule has 0 radical (unpaired) electrons. The van der Waals surface area contributed by atoms with Crippen LogP contribution in [0.4, 0.5) is 0 Å². The second kappa shape index (κ2) is 5.14. The van der Waals surface area contributed by atoms with Crippen LogP contribution in [0, 0.1) is 5.41 Å². The SMILES string of the molecule is CCC1(C(=O)N2CCCCC2(C)C(=O)O)CCCC1. The van der Waals surface area contributed by atoms with Crippen LogP contribution in [0.5, 0.6) is 0 Å². The van der Waals surface area contributed by atoms with Gasteiger partial charge in [-0.1, -0.05) is 19.8 Å². The van der Waals surface area contributed by atoms with Crippen LogP contribution in [-0.4, -0.2) is 34.0 Å². The zero-order chi connectivity index (χ0) is 14.1. The van der Waals surface area contributed by atoms with Crippen molar-refractivity contribution in [1.82, 2.24) is 4.90 Å². The molecule has 1 saturated heterocycles. The van der Waals surface area contributed by atoms with Crippen molar-refractivity contribution in [1.29, 1.82) is 0 Å². The summed E-state index contributed by atoms with van der Waals surface area (Å²) in [5.41, 5.74) is -1.28. The number of aliphatic carboxylic acids is 1. The molecule has 2 fully saturated rings. The Morgan fingerprint density at radius 2 is 1.68 bits per heavy atom. The third kappa shape index (κ3) is 2.26. The van der Waals surface area contributed by atoms with Crippen molar-refractivity contribution in [2.75, 3.05) is 6.54 Å². The molecule has 1 amide bonds. The Balaban J connectivity index is 2.27. The smallest absolute Gasteiger partial charge is 0.329 e. The summed E-state index contributed by atoms with van der Waals surface area (Å²) in [6.07, 6.45) is 7.27. The van der Waals surface area contributed by atoms with Gasteiger partial charge >= 0.3 is 5.97 Å². The van der Waals surface area contributed by atoms with Crippen molar-refractivity contribution in [3.05, 3.63) is 0 Å². The normalized spacial score (nSPS) is 30.3. The van der Waals surface area contributed by atoms with E-state index in [2.05, 4.69) is 6.92 Å². The number of carbonyl (C=O) groups excluding carboxylic acids is 1. The molecule has 4 nitrogen and oxygen atoms in total. The van der Waals surface area contributed by atoms with E-state index in [9.17, 15) is 14.7 Å². The number of amides is 1. The maximum absolute atomic E-state index is 12.9. The highest BCUT2D eigenvalue weighted by atomic mass is 16.4. The van der Waals surface area contributed by atoms with E-state index in [-0.39, 0.29) is 11.3 Å². The molecule has 1 heterocycles. The van der Waals surface area contributed by atoms with E-state index < -0.39 is 11.5 Å². The van der Waals surface area contributed by atoms with E-state index in [4.69, 9.17) is 0 Å². The molecule has 0 aromatic carbocycles. The molecule has 1 aliphatic carbocycles. The van der Waals surface area contributed by atoms with Gasteiger partial charge in [0.05, 0.1) is 0 Å². The van der Waals surface area contributed by atoms with E-state index >= 15 is 0 Å². The van der Waals surface area contributed by atoms with Crippen molar-refractivity contribution in [2.24, 2.45) is 5.41 Å². The Bertz CT molecular complexity index is 374.